The zero-order chi connectivity index (χ0) is 14.8. The van der Waals surface area contributed by atoms with Gasteiger partial charge < -0.3 is 10.6 Å². The van der Waals surface area contributed by atoms with Gasteiger partial charge in [0.25, 0.3) is 0 Å². The Balaban J connectivity index is 1.87. The Morgan fingerprint density at radius 1 is 1.40 bits per heavy atom. The highest BCUT2D eigenvalue weighted by Crippen LogP contribution is 2.24. The normalized spacial score (nSPS) is 19.4. The second-order valence-corrected chi connectivity index (χ2v) is 5.38. The van der Waals surface area contributed by atoms with Crippen molar-refractivity contribution in [1.29, 1.82) is 0 Å². The number of hydrogen-bond acceptors (Lipinski definition) is 4. The number of H-pyrrole nitrogens is 1. The first-order valence-corrected chi connectivity index (χ1v) is 6.84. The molecule has 0 saturated carbocycles. The van der Waals surface area contributed by atoms with E-state index in [1.54, 1.807) is 0 Å². The summed E-state index contributed by atoms with van der Waals surface area (Å²) < 4.78 is 36.4. The average Bonchev–Trinajstić information content (AvgIpc) is 2.84. The first-order chi connectivity index (χ1) is 9.35. The molecule has 1 aliphatic rings. The average molecular weight is 291 g/mol. The standard InChI is InChI=1S/C12H20F3N5/c1-8(16)9-3-6-20(7-4-9)11-17-10(18-19-11)2-5-12(13,14)15/h8-9H,2-7,16H2,1H3,(H,17,18,19). The summed E-state index contributed by atoms with van der Waals surface area (Å²) in [6.07, 6.45) is -3.28. The van der Waals surface area contributed by atoms with Gasteiger partial charge in [-0.25, -0.2) is 0 Å². The molecule has 0 radical (unpaired) electrons. The topological polar surface area (TPSA) is 70.8 Å². The predicted molar refractivity (Wildman–Crippen MR) is 69.3 cm³/mol. The zero-order valence-electron chi connectivity index (χ0n) is 11.5. The van der Waals surface area contributed by atoms with Gasteiger partial charge in [-0.15, -0.1) is 5.10 Å². The second-order valence-electron chi connectivity index (χ2n) is 5.38. The van der Waals surface area contributed by atoms with E-state index in [0.29, 0.717) is 11.9 Å². The molecule has 0 bridgehead atoms. The Bertz CT molecular complexity index is 421. The van der Waals surface area contributed by atoms with Crippen molar-refractivity contribution < 1.29 is 13.2 Å². The minimum Gasteiger partial charge on any atom is -0.340 e. The number of rotatable bonds is 4. The molecule has 1 aromatic heterocycles. The molecule has 8 heteroatoms. The lowest BCUT2D eigenvalue weighted by molar-refractivity contribution is -0.134. The number of hydrogen-bond donors (Lipinski definition) is 2. The van der Waals surface area contributed by atoms with Crippen molar-refractivity contribution in [3.05, 3.63) is 5.82 Å². The Morgan fingerprint density at radius 2 is 2.05 bits per heavy atom. The van der Waals surface area contributed by atoms with Crippen LogP contribution in [0.2, 0.25) is 0 Å². The second kappa shape index (κ2) is 5.99. The zero-order valence-corrected chi connectivity index (χ0v) is 11.5. The third kappa shape index (κ3) is 4.09. The largest absolute Gasteiger partial charge is 0.389 e. The number of aromatic amines is 1. The summed E-state index contributed by atoms with van der Waals surface area (Å²) in [5.74, 6) is 1.27. The number of nitrogens with one attached hydrogen (secondary N) is 1. The summed E-state index contributed by atoms with van der Waals surface area (Å²) in [6, 6.07) is 0.173. The monoisotopic (exact) mass is 291 g/mol. The molecule has 1 aliphatic heterocycles. The van der Waals surface area contributed by atoms with Gasteiger partial charge in [-0.05, 0) is 25.7 Å². The number of anilines is 1. The van der Waals surface area contributed by atoms with Crippen LogP contribution in [-0.2, 0) is 6.42 Å². The van der Waals surface area contributed by atoms with Gasteiger partial charge >= 0.3 is 6.18 Å². The van der Waals surface area contributed by atoms with Gasteiger partial charge in [0.2, 0.25) is 5.95 Å². The maximum absolute atomic E-state index is 12.1. The van der Waals surface area contributed by atoms with Gasteiger partial charge in [0.1, 0.15) is 5.82 Å². The van der Waals surface area contributed by atoms with Crippen LogP contribution < -0.4 is 10.6 Å². The molecular weight excluding hydrogens is 271 g/mol. The summed E-state index contributed by atoms with van der Waals surface area (Å²) in [5, 5.41) is 6.58. The van der Waals surface area contributed by atoms with Gasteiger partial charge in [0.15, 0.2) is 0 Å². The van der Waals surface area contributed by atoms with Crippen LogP contribution in [0, 0.1) is 5.92 Å². The van der Waals surface area contributed by atoms with E-state index in [9.17, 15) is 13.2 Å². The Kier molecular flexibility index (Phi) is 4.52. The van der Waals surface area contributed by atoms with E-state index in [1.165, 1.54) is 0 Å². The molecule has 0 aliphatic carbocycles. The van der Waals surface area contributed by atoms with Crippen LogP contribution in [0.15, 0.2) is 0 Å². The summed E-state index contributed by atoms with van der Waals surface area (Å²) in [4.78, 5) is 6.13. The molecule has 1 atom stereocenters. The van der Waals surface area contributed by atoms with Crippen LogP contribution in [-0.4, -0.2) is 40.5 Å². The molecule has 5 nitrogen and oxygen atoms in total. The third-order valence-corrected chi connectivity index (χ3v) is 3.73. The molecule has 3 N–H and O–H groups in total. The number of aromatic nitrogens is 3. The predicted octanol–water partition coefficient (Wildman–Crippen LogP) is 1.86. The van der Waals surface area contributed by atoms with Crippen LogP contribution in [0.4, 0.5) is 19.1 Å². The molecule has 0 spiro atoms. The molecular formula is C12H20F3N5. The number of nitrogens with zero attached hydrogens (tertiary/aromatic N) is 3. The van der Waals surface area contributed by atoms with Crippen molar-refractivity contribution in [3.8, 4) is 0 Å². The van der Waals surface area contributed by atoms with E-state index in [4.69, 9.17) is 5.73 Å². The summed E-state index contributed by atoms with van der Waals surface area (Å²) >= 11 is 0. The number of nitrogens with two attached hydrogens (primary N) is 1. The number of piperidine rings is 1. The molecule has 2 rings (SSSR count). The van der Waals surface area contributed by atoms with E-state index in [-0.39, 0.29) is 18.3 Å². The molecule has 1 unspecified atom stereocenters. The molecule has 20 heavy (non-hydrogen) atoms. The van der Waals surface area contributed by atoms with E-state index >= 15 is 0 Å². The maximum Gasteiger partial charge on any atom is 0.389 e. The molecule has 114 valence electrons. The van der Waals surface area contributed by atoms with Crippen LogP contribution in [0.1, 0.15) is 32.0 Å². The summed E-state index contributed by atoms with van der Waals surface area (Å²) in [7, 11) is 0. The van der Waals surface area contributed by atoms with Gasteiger partial charge in [0, 0.05) is 25.6 Å². The van der Waals surface area contributed by atoms with Gasteiger partial charge in [-0.1, -0.05) is 0 Å². The number of aryl methyl sites for hydroxylation is 1. The lowest BCUT2D eigenvalue weighted by Crippen LogP contribution is -2.40. The summed E-state index contributed by atoms with van der Waals surface area (Å²) in [5.41, 5.74) is 5.87. The molecule has 0 aromatic carbocycles. The lowest BCUT2D eigenvalue weighted by atomic mass is 9.91. The van der Waals surface area contributed by atoms with Crippen molar-refractivity contribution in [2.45, 2.75) is 44.8 Å². The van der Waals surface area contributed by atoms with Gasteiger partial charge in [-0.2, -0.15) is 18.2 Å². The fourth-order valence-corrected chi connectivity index (χ4v) is 2.42. The molecule has 1 saturated heterocycles. The van der Waals surface area contributed by atoms with Gasteiger partial charge in [-0.3, -0.25) is 5.10 Å². The van der Waals surface area contributed by atoms with Gasteiger partial charge in [0.05, 0.1) is 6.42 Å². The quantitative estimate of drug-likeness (QED) is 0.888. The highest BCUT2D eigenvalue weighted by molar-refractivity contribution is 5.29. The first-order valence-electron chi connectivity index (χ1n) is 6.84. The SMILES string of the molecule is CC(N)C1CCN(c2n[nH]c(CCC(F)(F)F)n2)CC1. The fourth-order valence-electron chi connectivity index (χ4n) is 2.42. The van der Waals surface area contributed by atoms with Crippen LogP contribution in [0.5, 0.6) is 0 Å². The van der Waals surface area contributed by atoms with Crippen molar-refractivity contribution in [2.75, 3.05) is 18.0 Å². The highest BCUT2D eigenvalue weighted by atomic mass is 19.4. The van der Waals surface area contributed by atoms with Crippen molar-refractivity contribution in [3.63, 3.8) is 0 Å². The minimum atomic E-state index is -4.16. The van der Waals surface area contributed by atoms with Crippen LogP contribution in [0.3, 0.4) is 0 Å². The van der Waals surface area contributed by atoms with E-state index in [1.807, 2.05) is 11.8 Å². The van der Waals surface area contributed by atoms with Crippen molar-refractivity contribution in [2.24, 2.45) is 11.7 Å². The fraction of sp³-hybridized carbons (Fsp3) is 0.833. The summed E-state index contributed by atoms with van der Waals surface area (Å²) in [6.45, 7) is 3.59. The number of alkyl halides is 3. The highest BCUT2D eigenvalue weighted by Gasteiger charge is 2.28. The van der Waals surface area contributed by atoms with E-state index in [2.05, 4.69) is 15.2 Å². The molecule has 0 amide bonds. The Hall–Kier alpha value is -1.31. The molecule has 1 aromatic rings. The maximum atomic E-state index is 12.1. The lowest BCUT2D eigenvalue weighted by Gasteiger charge is -2.32. The number of halogens is 3. The Labute approximate surface area is 115 Å². The molecule has 2 heterocycles. The Morgan fingerprint density at radius 3 is 2.60 bits per heavy atom. The molecule has 1 fully saturated rings. The smallest absolute Gasteiger partial charge is 0.340 e. The van der Waals surface area contributed by atoms with E-state index in [0.717, 1.165) is 25.9 Å². The van der Waals surface area contributed by atoms with E-state index < -0.39 is 12.6 Å². The third-order valence-electron chi connectivity index (χ3n) is 3.73. The van der Waals surface area contributed by atoms with Crippen molar-refractivity contribution in [1.82, 2.24) is 15.2 Å². The van der Waals surface area contributed by atoms with Crippen LogP contribution >= 0.6 is 0 Å². The minimum absolute atomic E-state index is 0.160. The van der Waals surface area contributed by atoms with Crippen molar-refractivity contribution >= 4 is 5.95 Å². The van der Waals surface area contributed by atoms with Crippen LogP contribution in [0.25, 0.3) is 0 Å². The first kappa shape index (κ1) is 15.1.